The van der Waals surface area contributed by atoms with Crippen LogP contribution in [0.3, 0.4) is 0 Å². The number of aryl methyl sites for hydroxylation is 2. The molecule has 1 aliphatic heterocycles. The minimum Gasteiger partial charge on any atom is -0.383 e. The summed E-state index contributed by atoms with van der Waals surface area (Å²) in [5.74, 6) is 0.404. The first-order chi connectivity index (χ1) is 16.8. The van der Waals surface area contributed by atoms with Crippen molar-refractivity contribution in [3.8, 4) is 0 Å². The van der Waals surface area contributed by atoms with E-state index in [-0.39, 0.29) is 23.7 Å². The Kier molecular flexibility index (Phi) is 4.49. The second-order valence-electron chi connectivity index (χ2n) is 10.9. The number of nitrogen functional groups attached to an aromatic ring is 1. The van der Waals surface area contributed by atoms with Gasteiger partial charge < -0.3 is 19.8 Å². The number of nitrogens with two attached hydrogens (primary N) is 1. The minimum absolute atomic E-state index is 0.00573. The van der Waals surface area contributed by atoms with Crippen LogP contribution in [0.4, 0.5) is 5.82 Å². The van der Waals surface area contributed by atoms with Crippen molar-refractivity contribution in [3.63, 3.8) is 0 Å². The number of fused-ring (bicyclic) bond motifs is 5. The fraction of sp³-hybridized carbons (Fsp3) is 0.444. The Morgan fingerprint density at radius 3 is 2.89 bits per heavy atom. The maximum Gasteiger partial charge on any atom is 0.163 e. The second-order valence-corrected chi connectivity index (χ2v) is 11.7. The molecular weight excluding hydrogens is 506 g/mol. The number of rotatable bonds is 4. The third kappa shape index (κ3) is 3.19. The van der Waals surface area contributed by atoms with Crippen LogP contribution in [0.25, 0.3) is 21.9 Å². The van der Waals surface area contributed by atoms with Crippen LogP contribution in [0, 0.1) is 18.3 Å². The average Bonchev–Trinajstić information content (AvgIpc) is 3.07. The van der Waals surface area contributed by atoms with E-state index in [0.29, 0.717) is 11.7 Å². The van der Waals surface area contributed by atoms with Gasteiger partial charge in [-0.3, -0.25) is 4.98 Å². The fourth-order valence-corrected chi connectivity index (χ4v) is 7.01. The molecule has 2 saturated carbocycles. The molecule has 0 spiro atoms. The van der Waals surface area contributed by atoms with Crippen LogP contribution < -0.4 is 5.73 Å². The Bertz CT molecular complexity index is 1500. The zero-order chi connectivity index (χ0) is 24.1. The molecule has 1 saturated heterocycles. The molecule has 0 unspecified atom stereocenters. The number of nitrogens with zero attached hydrogens (tertiary/aromatic N) is 4. The van der Waals surface area contributed by atoms with Gasteiger partial charge in [0.05, 0.1) is 28.7 Å². The number of halogens is 1. The lowest BCUT2D eigenvalue weighted by Crippen LogP contribution is -2.32. The third-order valence-corrected chi connectivity index (χ3v) is 9.18. The lowest BCUT2D eigenvalue weighted by molar-refractivity contribution is -0.161. The van der Waals surface area contributed by atoms with Crippen LogP contribution in [0.15, 0.2) is 47.3 Å². The van der Waals surface area contributed by atoms with Crippen LogP contribution in [-0.4, -0.2) is 37.5 Å². The van der Waals surface area contributed by atoms with Gasteiger partial charge in [-0.15, -0.1) is 0 Å². The Hall–Kier alpha value is -2.55. The molecule has 3 fully saturated rings. The summed E-state index contributed by atoms with van der Waals surface area (Å²) in [6.45, 7) is 6.08. The van der Waals surface area contributed by atoms with Crippen molar-refractivity contribution in [2.45, 2.75) is 64.1 Å². The van der Waals surface area contributed by atoms with Gasteiger partial charge in [0, 0.05) is 21.5 Å². The topological polar surface area (TPSA) is 88.1 Å². The average molecular weight is 534 g/mol. The van der Waals surface area contributed by atoms with Gasteiger partial charge >= 0.3 is 0 Å². The van der Waals surface area contributed by atoms with E-state index >= 15 is 0 Å². The molecule has 3 aromatic heterocycles. The monoisotopic (exact) mass is 533 g/mol. The largest absolute Gasteiger partial charge is 0.383 e. The molecule has 7 rings (SSSR count). The molecular formula is C27H28BrN5O2. The smallest absolute Gasteiger partial charge is 0.163 e. The van der Waals surface area contributed by atoms with Crippen molar-refractivity contribution in [1.29, 1.82) is 0 Å². The number of ether oxygens (including phenoxy) is 2. The van der Waals surface area contributed by atoms with E-state index in [1.165, 1.54) is 5.56 Å². The summed E-state index contributed by atoms with van der Waals surface area (Å²) in [7, 11) is 0. The van der Waals surface area contributed by atoms with E-state index in [1.54, 1.807) is 6.33 Å². The third-order valence-electron chi connectivity index (χ3n) is 8.37. The van der Waals surface area contributed by atoms with Crippen LogP contribution in [0.5, 0.6) is 0 Å². The van der Waals surface area contributed by atoms with E-state index in [0.717, 1.165) is 51.4 Å². The standard InChI is InChI=1S/C27H28BrN5O2/c1-14-19(28)11-16-5-4-15(10-20(16)32-14)6-8-27-12-18(27)21(22-23(27)35-26(2,3)34-22)33-9-7-17-24(29)30-13-31-25(17)33/h4-5,7,9-11,13,18,21-23H,6,8,12H2,1-3H3,(H2,29,30,31)/t18-,21-,22+,23+,27+/m1/s1. The number of hydrogen-bond acceptors (Lipinski definition) is 6. The van der Waals surface area contributed by atoms with Gasteiger partial charge in [-0.2, -0.15) is 0 Å². The highest BCUT2D eigenvalue weighted by atomic mass is 79.9. The Morgan fingerprint density at radius 2 is 2.03 bits per heavy atom. The molecule has 4 aromatic rings. The van der Waals surface area contributed by atoms with Crippen molar-refractivity contribution < 1.29 is 9.47 Å². The van der Waals surface area contributed by atoms with Gasteiger partial charge in [0.15, 0.2) is 5.79 Å². The van der Waals surface area contributed by atoms with Crippen LogP contribution >= 0.6 is 15.9 Å². The summed E-state index contributed by atoms with van der Waals surface area (Å²) in [5, 5.41) is 2.05. The first-order valence-electron chi connectivity index (χ1n) is 12.2. The van der Waals surface area contributed by atoms with E-state index in [4.69, 9.17) is 20.2 Å². The maximum atomic E-state index is 6.57. The lowest BCUT2D eigenvalue weighted by atomic mass is 9.91. The van der Waals surface area contributed by atoms with E-state index in [9.17, 15) is 0 Å². The van der Waals surface area contributed by atoms with Gasteiger partial charge in [-0.1, -0.05) is 12.1 Å². The van der Waals surface area contributed by atoms with E-state index < -0.39 is 5.79 Å². The zero-order valence-corrected chi connectivity index (χ0v) is 21.6. The molecule has 1 aromatic carbocycles. The summed E-state index contributed by atoms with van der Waals surface area (Å²) in [6, 6.07) is 11.0. The first kappa shape index (κ1) is 21.7. The number of hydrogen-bond donors (Lipinski definition) is 1. The first-order valence-corrected chi connectivity index (χ1v) is 13.0. The summed E-state index contributed by atoms with van der Waals surface area (Å²) >= 11 is 3.59. The molecule has 4 heterocycles. The quantitative estimate of drug-likeness (QED) is 0.380. The molecule has 7 nitrogen and oxygen atoms in total. The van der Waals surface area contributed by atoms with E-state index in [1.807, 2.05) is 26.8 Å². The van der Waals surface area contributed by atoms with Crippen molar-refractivity contribution >= 4 is 43.7 Å². The van der Waals surface area contributed by atoms with Crippen molar-refractivity contribution in [2.75, 3.05) is 5.73 Å². The predicted molar refractivity (Wildman–Crippen MR) is 138 cm³/mol. The highest BCUT2D eigenvalue weighted by molar-refractivity contribution is 9.10. The number of pyridine rings is 1. The normalized spacial score (nSPS) is 30.6. The summed E-state index contributed by atoms with van der Waals surface area (Å²) in [5.41, 5.74) is 10.5. The molecule has 2 aliphatic carbocycles. The molecule has 35 heavy (non-hydrogen) atoms. The molecule has 0 amide bonds. The zero-order valence-electron chi connectivity index (χ0n) is 20.0. The Labute approximate surface area is 212 Å². The van der Waals surface area contributed by atoms with Crippen molar-refractivity contribution in [2.24, 2.45) is 11.3 Å². The number of benzene rings is 1. The molecule has 180 valence electrons. The van der Waals surface area contributed by atoms with Crippen LogP contribution in [-0.2, 0) is 15.9 Å². The van der Waals surface area contributed by atoms with Crippen LogP contribution in [0.2, 0.25) is 0 Å². The Morgan fingerprint density at radius 1 is 1.17 bits per heavy atom. The van der Waals surface area contributed by atoms with Gasteiger partial charge in [0.25, 0.3) is 0 Å². The molecule has 3 aliphatic rings. The van der Waals surface area contributed by atoms with Crippen molar-refractivity contribution in [1.82, 2.24) is 19.5 Å². The maximum absolute atomic E-state index is 6.57. The Balaban J connectivity index is 1.21. The number of anilines is 1. The van der Waals surface area contributed by atoms with E-state index in [2.05, 4.69) is 60.9 Å². The predicted octanol–water partition coefficient (Wildman–Crippen LogP) is 5.35. The molecule has 8 heteroatoms. The molecule has 0 bridgehead atoms. The van der Waals surface area contributed by atoms with Gasteiger partial charge in [0.1, 0.15) is 23.9 Å². The van der Waals surface area contributed by atoms with Crippen molar-refractivity contribution in [3.05, 3.63) is 58.6 Å². The van der Waals surface area contributed by atoms with Gasteiger partial charge in [0.2, 0.25) is 0 Å². The van der Waals surface area contributed by atoms with Crippen LogP contribution in [0.1, 0.15) is 44.0 Å². The molecule has 0 radical (unpaired) electrons. The summed E-state index contributed by atoms with van der Waals surface area (Å²) in [4.78, 5) is 13.5. The van der Waals surface area contributed by atoms with Gasteiger partial charge in [-0.25, -0.2) is 9.97 Å². The summed E-state index contributed by atoms with van der Waals surface area (Å²) < 4.78 is 16.4. The fourth-order valence-electron chi connectivity index (χ4n) is 6.68. The SMILES string of the molecule is Cc1nc2cc(CC[C@]34C[C@@H]3[C@@H](n3ccc5c(N)ncnc53)[C@@H]3OC(C)(C)O[C@@H]34)ccc2cc1Br. The minimum atomic E-state index is -0.594. The van der Waals surface area contributed by atoms with Gasteiger partial charge in [-0.05, 0) is 85.6 Å². The second kappa shape index (κ2) is 7.24. The summed E-state index contributed by atoms with van der Waals surface area (Å²) in [6.07, 6.45) is 6.89. The molecule has 5 atom stereocenters. The number of aromatic nitrogens is 4. The molecule has 2 N–H and O–H groups in total. The highest BCUT2D eigenvalue weighted by Gasteiger charge is 2.75. The highest BCUT2D eigenvalue weighted by Crippen LogP contribution is 2.73. The lowest BCUT2D eigenvalue weighted by Gasteiger charge is -2.24.